The Bertz CT molecular complexity index is 1280. The van der Waals surface area contributed by atoms with Crippen LogP contribution in [0, 0.1) is 0 Å². The molecule has 0 amide bonds. The van der Waals surface area contributed by atoms with Gasteiger partial charge in [0.05, 0.1) is 19.8 Å². The van der Waals surface area contributed by atoms with Crippen molar-refractivity contribution in [1.82, 2.24) is 0 Å². The maximum absolute atomic E-state index is 12.6. The van der Waals surface area contributed by atoms with E-state index < -0.39 is 13.9 Å². The molecule has 60 heavy (non-hydrogen) atoms. The van der Waals surface area contributed by atoms with Crippen molar-refractivity contribution in [1.29, 1.82) is 0 Å². The molecule has 0 fully saturated rings. The minimum atomic E-state index is -4.30. The van der Waals surface area contributed by atoms with Gasteiger partial charge in [-0.05, 0) is 96.3 Å². The lowest BCUT2D eigenvalue weighted by molar-refractivity contribution is -0.154. The van der Waals surface area contributed by atoms with Gasteiger partial charge in [-0.15, -0.1) is 0 Å². The Balaban J connectivity index is 4.10. The van der Waals surface area contributed by atoms with Gasteiger partial charge >= 0.3 is 13.8 Å². The van der Waals surface area contributed by atoms with E-state index in [1.54, 1.807) is 0 Å². The molecule has 0 rings (SSSR count). The number of carbonyl (C=O) groups excluding carboxylic acids is 1. The summed E-state index contributed by atoms with van der Waals surface area (Å²) >= 11 is 0. The van der Waals surface area contributed by atoms with Gasteiger partial charge < -0.3 is 20.1 Å². The number of carbonyl (C=O) groups is 1. The second-order valence-corrected chi connectivity index (χ2v) is 16.3. The molecule has 0 aromatic carbocycles. The Labute approximate surface area is 367 Å². The molecule has 3 N–H and O–H groups in total. The quantitative estimate of drug-likeness (QED) is 0.0269. The highest BCUT2D eigenvalue weighted by molar-refractivity contribution is 7.47. The molecule has 0 aliphatic rings. The number of unbranched alkanes of at least 4 members (excludes halogenated alkanes) is 12. The van der Waals surface area contributed by atoms with E-state index in [1.807, 2.05) is 0 Å². The number of hydrogen-bond donors (Lipinski definition) is 2. The van der Waals surface area contributed by atoms with Gasteiger partial charge in [-0.3, -0.25) is 13.8 Å². The molecular weight excluding hydrogens is 770 g/mol. The number of phosphoric ester groups is 1. The summed E-state index contributed by atoms with van der Waals surface area (Å²) in [6.45, 7) is 4.60. The van der Waals surface area contributed by atoms with Crippen molar-refractivity contribution in [2.24, 2.45) is 5.73 Å². The predicted octanol–water partition coefficient (Wildman–Crippen LogP) is 14.4. The van der Waals surface area contributed by atoms with Crippen LogP contribution in [0.5, 0.6) is 0 Å². The lowest BCUT2D eigenvalue weighted by Gasteiger charge is -2.20. The van der Waals surface area contributed by atoms with Crippen LogP contribution >= 0.6 is 7.82 Å². The molecule has 0 heterocycles. The molecule has 0 bridgehead atoms. The average Bonchev–Trinajstić information content (AvgIpc) is 3.24. The molecule has 9 heteroatoms. The fraction of sp³-hybridized carbons (Fsp3) is 0.627. The van der Waals surface area contributed by atoms with Crippen molar-refractivity contribution < 1.29 is 32.8 Å². The molecule has 0 radical (unpaired) electrons. The van der Waals surface area contributed by atoms with E-state index in [2.05, 4.69) is 123 Å². The first-order valence-electron chi connectivity index (χ1n) is 23.4. The van der Waals surface area contributed by atoms with E-state index in [1.165, 1.54) is 32.1 Å². The van der Waals surface area contributed by atoms with Gasteiger partial charge in [0, 0.05) is 19.6 Å². The third-order valence-corrected chi connectivity index (χ3v) is 10.2. The molecule has 0 aliphatic carbocycles. The summed E-state index contributed by atoms with van der Waals surface area (Å²) in [5.41, 5.74) is 5.38. The zero-order valence-corrected chi connectivity index (χ0v) is 38.8. The van der Waals surface area contributed by atoms with E-state index in [9.17, 15) is 14.3 Å². The molecule has 8 nitrogen and oxygen atoms in total. The summed E-state index contributed by atoms with van der Waals surface area (Å²) in [4.78, 5) is 22.6. The number of allylic oxidation sites excluding steroid dienone is 18. The fourth-order valence-electron chi connectivity index (χ4n) is 5.84. The summed E-state index contributed by atoms with van der Waals surface area (Å²) in [6, 6.07) is 0. The van der Waals surface area contributed by atoms with Crippen LogP contribution in [0.1, 0.15) is 168 Å². The van der Waals surface area contributed by atoms with Crippen LogP contribution in [0.2, 0.25) is 0 Å². The Morgan fingerprint density at radius 3 is 1.32 bits per heavy atom. The molecular formula is C51H86NO7P. The lowest BCUT2D eigenvalue weighted by Crippen LogP contribution is -2.28. The first-order chi connectivity index (χ1) is 29.4. The second kappa shape index (κ2) is 47.2. The van der Waals surface area contributed by atoms with Crippen LogP contribution in [0.3, 0.4) is 0 Å². The third kappa shape index (κ3) is 46.2. The minimum absolute atomic E-state index is 0.0877. The number of hydrogen-bond acceptors (Lipinski definition) is 7. The maximum Gasteiger partial charge on any atom is 0.472 e. The van der Waals surface area contributed by atoms with Gasteiger partial charge in [0.1, 0.15) is 6.10 Å². The van der Waals surface area contributed by atoms with Crippen LogP contribution in [-0.4, -0.2) is 49.9 Å². The Kier molecular flexibility index (Phi) is 45.0. The van der Waals surface area contributed by atoms with E-state index in [0.29, 0.717) is 13.0 Å². The monoisotopic (exact) mass is 856 g/mol. The standard InChI is InChI=1S/C51H86NO7P/c1-3-5-7-9-11-13-15-17-19-21-23-25-26-28-30-32-34-36-38-40-42-44-51(53)59-50(49-58-60(54,55)57-47-45-52)48-56-46-43-41-39-37-35-33-31-29-27-24-22-20-18-16-14-12-10-8-6-4-2/h5-8,11-14,17-20,23-25,27,31,33,50H,3-4,9-10,15-16,21-22,26,28-30,32,34-49,52H2,1-2H3,(H,54,55)/b7-5-,8-6-,13-11-,14-12-,19-17-,20-18-,25-23-,27-24-,33-31-. The molecule has 0 aromatic heterocycles. The van der Waals surface area contributed by atoms with Crippen LogP contribution < -0.4 is 5.73 Å². The Morgan fingerprint density at radius 2 is 0.883 bits per heavy atom. The van der Waals surface area contributed by atoms with Crippen molar-refractivity contribution in [2.75, 3.05) is 33.0 Å². The largest absolute Gasteiger partial charge is 0.472 e. The second-order valence-electron chi connectivity index (χ2n) is 14.9. The van der Waals surface area contributed by atoms with E-state index in [0.717, 1.165) is 116 Å². The third-order valence-electron chi connectivity index (χ3n) is 9.19. The molecule has 342 valence electrons. The highest BCUT2D eigenvalue weighted by atomic mass is 31.2. The van der Waals surface area contributed by atoms with Crippen LogP contribution in [0.25, 0.3) is 0 Å². The summed E-state index contributed by atoms with van der Waals surface area (Å²) in [5.74, 6) is -0.353. The van der Waals surface area contributed by atoms with Crippen molar-refractivity contribution in [3.05, 3.63) is 109 Å². The van der Waals surface area contributed by atoms with E-state index >= 15 is 0 Å². The van der Waals surface area contributed by atoms with Gasteiger partial charge in [0.25, 0.3) is 0 Å². The lowest BCUT2D eigenvalue weighted by atomic mass is 10.1. The minimum Gasteiger partial charge on any atom is -0.457 e. The summed E-state index contributed by atoms with van der Waals surface area (Å²) in [5, 5.41) is 0. The van der Waals surface area contributed by atoms with Crippen molar-refractivity contribution in [3.63, 3.8) is 0 Å². The molecule has 2 unspecified atom stereocenters. The summed E-state index contributed by atoms with van der Waals surface area (Å²) in [6.07, 6.45) is 63.9. The van der Waals surface area contributed by atoms with Crippen LogP contribution in [0.15, 0.2) is 109 Å². The summed E-state index contributed by atoms with van der Waals surface area (Å²) in [7, 11) is -4.30. The van der Waals surface area contributed by atoms with Gasteiger partial charge in [0.15, 0.2) is 0 Å². The predicted molar refractivity (Wildman–Crippen MR) is 256 cm³/mol. The highest BCUT2D eigenvalue weighted by Gasteiger charge is 2.25. The number of esters is 1. The normalized spacial score (nSPS) is 14.4. The van der Waals surface area contributed by atoms with Crippen molar-refractivity contribution in [2.45, 2.75) is 174 Å². The number of nitrogens with two attached hydrogens (primary N) is 1. The molecule has 2 atom stereocenters. The molecule has 0 spiro atoms. The van der Waals surface area contributed by atoms with Crippen LogP contribution in [0.4, 0.5) is 0 Å². The van der Waals surface area contributed by atoms with Gasteiger partial charge in [0.2, 0.25) is 0 Å². The SMILES string of the molecule is CC/C=C\C/C=C\C/C=C\C/C=C\C/C=C\CCCCCCOCC(COP(=O)(O)OCCN)OC(=O)CCCCCCCCCC/C=C\C/C=C\C/C=C\C/C=C\CC. The van der Waals surface area contributed by atoms with Gasteiger partial charge in [-0.2, -0.15) is 0 Å². The van der Waals surface area contributed by atoms with Crippen molar-refractivity contribution in [3.8, 4) is 0 Å². The Hall–Kier alpha value is -2.84. The van der Waals surface area contributed by atoms with Crippen LogP contribution in [-0.2, 0) is 27.9 Å². The first kappa shape index (κ1) is 57.2. The van der Waals surface area contributed by atoms with E-state index in [-0.39, 0.29) is 32.3 Å². The molecule has 0 aromatic rings. The zero-order valence-electron chi connectivity index (χ0n) is 37.9. The maximum atomic E-state index is 12.6. The highest BCUT2D eigenvalue weighted by Crippen LogP contribution is 2.43. The van der Waals surface area contributed by atoms with Gasteiger partial charge in [-0.1, -0.05) is 175 Å². The smallest absolute Gasteiger partial charge is 0.457 e. The average molecular weight is 856 g/mol. The number of rotatable bonds is 43. The summed E-state index contributed by atoms with van der Waals surface area (Å²) < 4.78 is 33.5. The van der Waals surface area contributed by atoms with E-state index in [4.69, 9.17) is 24.3 Å². The van der Waals surface area contributed by atoms with Crippen molar-refractivity contribution >= 4 is 13.8 Å². The topological polar surface area (TPSA) is 117 Å². The molecule has 0 aliphatic heterocycles. The fourth-order valence-corrected chi connectivity index (χ4v) is 6.60. The number of phosphoric acid groups is 1. The van der Waals surface area contributed by atoms with Gasteiger partial charge in [-0.25, -0.2) is 4.57 Å². The molecule has 0 saturated carbocycles. The number of ether oxygens (including phenoxy) is 2. The first-order valence-corrected chi connectivity index (χ1v) is 24.9. The Morgan fingerprint density at radius 1 is 0.500 bits per heavy atom. The molecule has 0 saturated heterocycles. The zero-order chi connectivity index (χ0) is 43.7.